The van der Waals surface area contributed by atoms with Crippen molar-refractivity contribution in [2.75, 3.05) is 25.1 Å². The van der Waals surface area contributed by atoms with Crippen LogP contribution in [0.1, 0.15) is 33.6 Å². The van der Waals surface area contributed by atoms with Crippen LogP contribution in [0.4, 0.5) is 32.2 Å². The number of carbonyl (C=O) groups is 1. The fraction of sp³-hybridized carbons (Fsp3) is 0.320. The summed E-state index contributed by atoms with van der Waals surface area (Å²) in [5, 5.41) is 19.9. The van der Waals surface area contributed by atoms with Gasteiger partial charge in [0.05, 0.1) is 11.8 Å². The molecule has 0 radical (unpaired) electrons. The predicted octanol–water partition coefficient (Wildman–Crippen LogP) is 3.64. The lowest BCUT2D eigenvalue weighted by atomic mass is 9.98. The second kappa shape index (κ2) is 11.1. The number of hydrogen-bond donors (Lipinski definition) is 2. The molecule has 40 heavy (non-hydrogen) atoms. The van der Waals surface area contributed by atoms with E-state index < -0.39 is 36.3 Å². The lowest BCUT2D eigenvalue weighted by Crippen LogP contribution is -2.55. The topological polar surface area (TPSA) is 108 Å². The van der Waals surface area contributed by atoms with Crippen LogP contribution in [0.15, 0.2) is 59.7 Å². The minimum atomic E-state index is -4.99. The summed E-state index contributed by atoms with van der Waals surface area (Å²) in [7, 11) is 1.44. The van der Waals surface area contributed by atoms with Crippen LogP contribution in [0.5, 0.6) is 5.75 Å². The third-order valence-corrected chi connectivity index (χ3v) is 5.75. The predicted molar refractivity (Wildman–Crippen MR) is 124 cm³/mol. The molecule has 2 aromatic rings. The molecule has 0 saturated carbocycles. The Bertz CT molecular complexity index is 1420. The van der Waals surface area contributed by atoms with Crippen LogP contribution in [-0.2, 0) is 17.3 Å². The molecule has 212 valence electrons. The number of amides is 1. The zero-order chi connectivity index (χ0) is 29.2. The van der Waals surface area contributed by atoms with Crippen molar-refractivity contribution in [3.8, 4) is 5.75 Å². The second-order valence-electron chi connectivity index (χ2n) is 8.53. The van der Waals surface area contributed by atoms with Crippen LogP contribution in [0.2, 0.25) is 0 Å². The number of aliphatic hydroxyl groups is 2. The van der Waals surface area contributed by atoms with E-state index in [0.29, 0.717) is 0 Å². The Morgan fingerprint density at radius 3 is 2.50 bits per heavy atom. The minimum Gasteiger partial charge on any atom is -0.446 e. The van der Waals surface area contributed by atoms with Crippen molar-refractivity contribution >= 4 is 11.7 Å². The van der Waals surface area contributed by atoms with Gasteiger partial charge >= 0.3 is 12.5 Å². The Balaban J connectivity index is 1.79. The Hall–Kier alpha value is -4.29. The summed E-state index contributed by atoms with van der Waals surface area (Å²) >= 11 is 0. The zero-order valence-corrected chi connectivity index (χ0v) is 20.5. The van der Waals surface area contributed by atoms with E-state index in [1.54, 1.807) is 0 Å². The Morgan fingerprint density at radius 1 is 1.12 bits per heavy atom. The molecule has 4 rings (SSSR count). The van der Waals surface area contributed by atoms with E-state index in [0.717, 1.165) is 41.6 Å². The molecule has 1 atom stereocenters. The lowest BCUT2D eigenvalue weighted by Gasteiger charge is -2.40. The van der Waals surface area contributed by atoms with Gasteiger partial charge in [-0.1, -0.05) is 11.8 Å². The highest BCUT2D eigenvalue weighted by molar-refractivity contribution is 6.03. The molecule has 1 aliphatic heterocycles. The molecular formula is C25H20F6N4O5. The first kappa shape index (κ1) is 28.7. The third kappa shape index (κ3) is 6.29. The van der Waals surface area contributed by atoms with E-state index in [-0.39, 0.29) is 60.0 Å². The van der Waals surface area contributed by atoms with Crippen molar-refractivity contribution < 1.29 is 50.8 Å². The van der Waals surface area contributed by atoms with Crippen molar-refractivity contribution in [2.24, 2.45) is 0 Å². The third-order valence-electron chi connectivity index (χ3n) is 5.75. The van der Waals surface area contributed by atoms with Crippen LogP contribution in [0, 0.1) is 0 Å². The quantitative estimate of drug-likeness (QED) is 0.366. The molecule has 1 amide bonds. The highest BCUT2D eigenvalue weighted by Gasteiger charge is 2.39. The molecule has 0 aromatic carbocycles. The maximum absolute atomic E-state index is 13.5. The molecule has 15 heteroatoms. The van der Waals surface area contributed by atoms with Crippen molar-refractivity contribution in [1.29, 1.82) is 0 Å². The Morgan fingerprint density at radius 2 is 1.88 bits per heavy atom. The number of anilines is 1. The maximum Gasteiger partial charge on any atom is 0.573 e. The first-order valence-corrected chi connectivity index (χ1v) is 11.5. The van der Waals surface area contributed by atoms with Gasteiger partial charge in [-0.2, -0.15) is 13.2 Å². The van der Waals surface area contributed by atoms with E-state index >= 15 is 0 Å². The summed E-state index contributed by atoms with van der Waals surface area (Å²) in [6.07, 6.45) is -7.33. The molecule has 1 aliphatic carbocycles. The highest BCUT2D eigenvalue weighted by Crippen LogP contribution is 2.37. The number of allylic oxidation sites excluding steroid dienone is 2. The molecule has 0 bridgehead atoms. The molecule has 3 heterocycles. The van der Waals surface area contributed by atoms with Gasteiger partial charge in [-0.25, -0.2) is 4.98 Å². The monoisotopic (exact) mass is 570 g/mol. The van der Waals surface area contributed by atoms with Gasteiger partial charge in [0.15, 0.2) is 11.5 Å². The maximum atomic E-state index is 13.5. The molecule has 0 saturated heterocycles. The normalized spacial score (nSPS) is 17.0. The molecule has 0 fully saturated rings. The number of nitrogens with zero attached hydrogens (tertiary/aromatic N) is 4. The SMILES string of the molecule is CN1c2ncc(OC3=C=C=CC(OC(F)(F)F)=C3)c(Cc3ccc(C(F)(F)F)nc3)c2C(=O)N(CCCO)C1O. The second-order valence-corrected chi connectivity index (χ2v) is 8.53. The number of alkyl halides is 6. The average molecular weight is 570 g/mol. The molecule has 2 N–H and O–H groups in total. The lowest BCUT2D eigenvalue weighted by molar-refractivity contribution is -0.303. The Kier molecular flexibility index (Phi) is 7.94. The summed E-state index contributed by atoms with van der Waals surface area (Å²) < 4.78 is 86.7. The average Bonchev–Trinajstić information content (AvgIpc) is 2.87. The molecule has 2 aliphatic rings. The van der Waals surface area contributed by atoms with Gasteiger partial charge in [-0.3, -0.25) is 14.7 Å². The summed E-state index contributed by atoms with van der Waals surface area (Å²) in [5.74, 6) is -1.78. The first-order chi connectivity index (χ1) is 18.8. The first-order valence-electron chi connectivity index (χ1n) is 11.5. The Labute approximate surface area is 222 Å². The molecule has 1 unspecified atom stereocenters. The van der Waals surface area contributed by atoms with Crippen LogP contribution in [0.25, 0.3) is 0 Å². The van der Waals surface area contributed by atoms with Gasteiger partial charge in [-0.05, 0) is 23.8 Å². The van der Waals surface area contributed by atoms with Crippen molar-refractivity contribution in [3.05, 3.63) is 82.0 Å². The van der Waals surface area contributed by atoms with Crippen molar-refractivity contribution in [3.63, 3.8) is 0 Å². The molecule has 9 nitrogen and oxygen atoms in total. The molecular weight excluding hydrogens is 550 g/mol. The number of carbonyl (C=O) groups excluding carboxylic acids is 1. The van der Waals surface area contributed by atoms with Crippen LogP contribution >= 0.6 is 0 Å². The van der Waals surface area contributed by atoms with E-state index in [4.69, 9.17) is 4.74 Å². The van der Waals surface area contributed by atoms with Crippen molar-refractivity contribution in [1.82, 2.24) is 14.9 Å². The number of halogens is 6. The van der Waals surface area contributed by atoms with E-state index in [1.165, 1.54) is 11.9 Å². The van der Waals surface area contributed by atoms with Gasteiger partial charge in [-0.15, -0.1) is 13.2 Å². The van der Waals surface area contributed by atoms with Crippen LogP contribution in [-0.4, -0.2) is 63.9 Å². The van der Waals surface area contributed by atoms with Crippen LogP contribution in [0.3, 0.4) is 0 Å². The van der Waals surface area contributed by atoms with Gasteiger partial charge in [0.25, 0.3) is 5.91 Å². The summed E-state index contributed by atoms with van der Waals surface area (Å²) in [6, 6.07) is 1.91. The summed E-state index contributed by atoms with van der Waals surface area (Å²) in [4.78, 5) is 23.5. The standard InChI is InChI=1S/C25H20F6N4O5/c1-34-21-20(22(37)35(23(34)38)8-3-9-36)17(10-14-6-7-19(32-12-14)24(26,27)28)18(13-33-21)39-15-4-2-5-16(11-15)40-25(29,30)31/h5-7,11-13,23,36,38H,3,8-10H2,1H3. The van der Waals surface area contributed by atoms with Gasteiger partial charge in [0, 0.05) is 50.5 Å². The largest absolute Gasteiger partial charge is 0.573 e. The summed E-state index contributed by atoms with van der Waals surface area (Å²) in [5.41, 5.74) is 3.92. The number of aliphatic hydroxyl groups excluding tert-OH is 2. The number of pyridine rings is 2. The zero-order valence-electron chi connectivity index (χ0n) is 20.5. The van der Waals surface area contributed by atoms with E-state index in [9.17, 15) is 41.4 Å². The number of ether oxygens (including phenoxy) is 2. The van der Waals surface area contributed by atoms with Gasteiger partial charge < -0.3 is 24.6 Å². The smallest absolute Gasteiger partial charge is 0.446 e. The fourth-order valence-corrected chi connectivity index (χ4v) is 3.95. The number of fused-ring (bicyclic) bond motifs is 1. The summed E-state index contributed by atoms with van der Waals surface area (Å²) in [6.45, 7) is -0.326. The highest BCUT2D eigenvalue weighted by atomic mass is 19.4. The minimum absolute atomic E-state index is 0.0182. The van der Waals surface area contributed by atoms with Crippen molar-refractivity contribution in [2.45, 2.75) is 31.7 Å². The van der Waals surface area contributed by atoms with Gasteiger partial charge in [0.2, 0.25) is 6.35 Å². The number of rotatable bonds is 8. The van der Waals surface area contributed by atoms with Gasteiger partial charge in [0.1, 0.15) is 17.3 Å². The van der Waals surface area contributed by atoms with E-state index in [1.807, 2.05) is 0 Å². The fourth-order valence-electron chi connectivity index (χ4n) is 3.95. The molecule has 0 spiro atoms. The van der Waals surface area contributed by atoms with Crippen LogP contribution < -0.4 is 9.64 Å². The number of hydrogen-bond acceptors (Lipinski definition) is 8. The number of aromatic nitrogens is 2. The molecule has 2 aromatic heterocycles. The van der Waals surface area contributed by atoms with E-state index in [2.05, 4.69) is 26.2 Å².